The number of rotatable bonds is 9. The van der Waals surface area contributed by atoms with Gasteiger partial charge in [-0.3, -0.25) is 14.5 Å². The lowest BCUT2D eigenvalue weighted by atomic mass is 9.97. The third-order valence-corrected chi connectivity index (χ3v) is 6.00. The van der Waals surface area contributed by atoms with Crippen LogP contribution in [0.1, 0.15) is 51.9 Å². The number of carbonyl (C=O) groups excluding carboxylic acids is 2. The van der Waals surface area contributed by atoms with Gasteiger partial charge in [0.25, 0.3) is 0 Å². The molecule has 2 heterocycles. The van der Waals surface area contributed by atoms with E-state index >= 15 is 0 Å². The molecule has 0 spiro atoms. The van der Waals surface area contributed by atoms with Gasteiger partial charge in [0, 0.05) is 31.6 Å². The normalized spacial score (nSPS) is 18.8. The van der Waals surface area contributed by atoms with Crippen LogP contribution in [0.2, 0.25) is 5.02 Å². The maximum absolute atomic E-state index is 12.6. The van der Waals surface area contributed by atoms with Gasteiger partial charge in [0.1, 0.15) is 0 Å². The molecule has 2 N–H and O–H groups in total. The summed E-state index contributed by atoms with van der Waals surface area (Å²) in [7, 11) is 0. The molecule has 0 aromatic heterocycles. The van der Waals surface area contributed by atoms with Gasteiger partial charge in [0.2, 0.25) is 11.8 Å². The molecule has 1 unspecified atom stereocenters. The van der Waals surface area contributed by atoms with Crippen LogP contribution in [0.25, 0.3) is 0 Å². The van der Waals surface area contributed by atoms with Gasteiger partial charge in [0.15, 0.2) is 11.5 Å². The molecule has 1 aromatic carbocycles. The summed E-state index contributed by atoms with van der Waals surface area (Å²) in [6.45, 7) is 5.69. The second-order valence-electron chi connectivity index (χ2n) is 8.30. The van der Waals surface area contributed by atoms with E-state index in [0.29, 0.717) is 42.0 Å². The van der Waals surface area contributed by atoms with E-state index in [1.807, 2.05) is 4.90 Å². The summed E-state index contributed by atoms with van der Waals surface area (Å²) in [4.78, 5) is 27.2. The molecule has 0 radical (unpaired) electrons. The maximum atomic E-state index is 12.6. The number of carbonyl (C=O) groups is 2. The molecule has 1 fully saturated rings. The minimum Gasteiger partial charge on any atom is -0.490 e. The van der Waals surface area contributed by atoms with Gasteiger partial charge in [-0.1, -0.05) is 37.8 Å². The number of nitrogens with one attached hydrogen (secondary N) is 2. The Morgan fingerprint density at radius 3 is 2.68 bits per heavy atom. The molecular weight excluding hydrogens is 418 g/mol. The molecular formula is C23H34ClN3O4. The number of unbranched alkanes of at least 4 members (excludes halogenated alkanes) is 3. The van der Waals surface area contributed by atoms with E-state index in [-0.39, 0.29) is 24.3 Å². The molecule has 7 nitrogen and oxygen atoms in total. The Morgan fingerprint density at radius 1 is 1.13 bits per heavy atom. The monoisotopic (exact) mass is 451 g/mol. The Balaban J connectivity index is 1.48. The zero-order chi connectivity index (χ0) is 22.1. The second kappa shape index (κ2) is 12.2. The average Bonchev–Trinajstić information content (AvgIpc) is 2.98. The number of fused-ring (bicyclic) bond motifs is 1. The number of hydrogen-bond donors (Lipinski definition) is 2. The van der Waals surface area contributed by atoms with Gasteiger partial charge in [-0.2, -0.15) is 0 Å². The van der Waals surface area contributed by atoms with Crippen molar-refractivity contribution >= 4 is 29.1 Å². The minimum atomic E-state index is -0.156. The molecule has 1 aromatic rings. The number of amides is 2. The average molecular weight is 452 g/mol. The van der Waals surface area contributed by atoms with Gasteiger partial charge in [-0.25, -0.2) is 0 Å². The lowest BCUT2D eigenvalue weighted by molar-refractivity contribution is -0.127. The van der Waals surface area contributed by atoms with Crippen molar-refractivity contribution in [3.63, 3.8) is 0 Å². The number of nitrogens with zero attached hydrogens (tertiary/aromatic N) is 1. The number of anilines is 1. The van der Waals surface area contributed by atoms with Crippen LogP contribution in [0.15, 0.2) is 12.1 Å². The molecule has 2 aliphatic heterocycles. The van der Waals surface area contributed by atoms with Crippen molar-refractivity contribution in [2.75, 3.05) is 44.7 Å². The Morgan fingerprint density at radius 2 is 1.90 bits per heavy atom. The zero-order valence-electron chi connectivity index (χ0n) is 18.4. The summed E-state index contributed by atoms with van der Waals surface area (Å²) in [5, 5.41) is 6.35. The van der Waals surface area contributed by atoms with Gasteiger partial charge >= 0.3 is 0 Å². The summed E-state index contributed by atoms with van der Waals surface area (Å²) >= 11 is 6.33. The van der Waals surface area contributed by atoms with Crippen molar-refractivity contribution in [1.82, 2.24) is 10.2 Å². The van der Waals surface area contributed by atoms with Crippen molar-refractivity contribution in [3.8, 4) is 11.5 Å². The third kappa shape index (κ3) is 7.28. The van der Waals surface area contributed by atoms with Gasteiger partial charge in [-0.05, 0) is 25.8 Å². The fourth-order valence-corrected chi connectivity index (χ4v) is 4.19. The predicted molar refractivity (Wildman–Crippen MR) is 122 cm³/mol. The first kappa shape index (κ1) is 23.7. The Bertz CT molecular complexity index is 759. The van der Waals surface area contributed by atoms with Gasteiger partial charge < -0.3 is 20.1 Å². The van der Waals surface area contributed by atoms with Crippen LogP contribution in [-0.2, 0) is 9.59 Å². The van der Waals surface area contributed by atoms with E-state index in [1.54, 1.807) is 12.1 Å². The lowest BCUT2D eigenvalue weighted by Crippen LogP contribution is -2.45. The van der Waals surface area contributed by atoms with E-state index in [0.717, 1.165) is 45.2 Å². The van der Waals surface area contributed by atoms with Crippen LogP contribution < -0.4 is 20.1 Å². The van der Waals surface area contributed by atoms with E-state index in [1.165, 1.54) is 12.8 Å². The van der Waals surface area contributed by atoms with Crippen LogP contribution in [0.4, 0.5) is 5.69 Å². The molecule has 8 heteroatoms. The van der Waals surface area contributed by atoms with Crippen molar-refractivity contribution in [2.45, 2.75) is 51.9 Å². The fourth-order valence-electron chi connectivity index (χ4n) is 3.99. The van der Waals surface area contributed by atoms with Crippen molar-refractivity contribution in [3.05, 3.63) is 17.2 Å². The highest BCUT2D eigenvalue weighted by Gasteiger charge is 2.27. The Kier molecular flexibility index (Phi) is 9.28. The Hall–Kier alpha value is -1.99. The van der Waals surface area contributed by atoms with Crippen LogP contribution in [-0.4, -0.2) is 56.1 Å². The molecule has 2 amide bonds. The molecule has 31 heavy (non-hydrogen) atoms. The van der Waals surface area contributed by atoms with Crippen LogP contribution in [0, 0.1) is 5.92 Å². The number of piperidine rings is 1. The highest BCUT2D eigenvalue weighted by Crippen LogP contribution is 2.37. The number of benzene rings is 1. The number of hydrogen-bond acceptors (Lipinski definition) is 5. The van der Waals surface area contributed by atoms with Gasteiger partial charge in [-0.15, -0.1) is 0 Å². The fraction of sp³-hybridized carbons (Fsp3) is 0.652. The predicted octanol–water partition coefficient (Wildman–Crippen LogP) is 3.85. The Labute approximate surface area is 189 Å². The molecule has 0 aliphatic carbocycles. The zero-order valence-corrected chi connectivity index (χ0v) is 19.1. The number of likely N-dealkylation sites (tertiary alicyclic amines) is 1. The summed E-state index contributed by atoms with van der Waals surface area (Å²) < 4.78 is 11.3. The maximum Gasteiger partial charge on any atom is 0.238 e. The largest absolute Gasteiger partial charge is 0.490 e. The highest BCUT2D eigenvalue weighted by molar-refractivity contribution is 6.34. The molecule has 0 bridgehead atoms. The standard InChI is InChI=1S/C23H34ClN3O4/c1-2-3-4-5-9-25-23(29)17-8-6-10-27(15-17)16-22(28)26-19-14-21-20(13-18(19)24)30-11-7-12-31-21/h13-14,17H,2-12,15-16H2,1H3,(H,25,29)(H,26,28). The van der Waals surface area contributed by atoms with Crippen LogP contribution >= 0.6 is 11.6 Å². The molecule has 3 rings (SSSR count). The van der Waals surface area contributed by atoms with Crippen LogP contribution in [0.3, 0.4) is 0 Å². The number of ether oxygens (including phenoxy) is 2. The quantitative estimate of drug-likeness (QED) is 0.557. The summed E-state index contributed by atoms with van der Waals surface area (Å²) in [6.07, 6.45) is 7.14. The third-order valence-electron chi connectivity index (χ3n) is 5.68. The minimum absolute atomic E-state index is 0.0608. The molecule has 0 saturated carbocycles. The second-order valence-corrected chi connectivity index (χ2v) is 8.71. The van der Waals surface area contributed by atoms with Crippen LogP contribution in [0.5, 0.6) is 11.5 Å². The first-order chi connectivity index (χ1) is 15.1. The van der Waals surface area contributed by atoms with E-state index in [9.17, 15) is 9.59 Å². The smallest absolute Gasteiger partial charge is 0.238 e. The molecule has 1 saturated heterocycles. The first-order valence-electron chi connectivity index (χ1n) is 11.5. The van der Waals surface area contributed by atoms with E-state index < -0.39 is 0 Å². The topological polar surface area (TPSA) is 79.9 Å². The van der Waals surface area contributed by atoms with E-state index in [4.69, 9.17) is 21.1 Å². The van der Waals surface area contributed by atoms with Gasteiger partial charge in [0.05, 0.1) is 36.4 Å². The first-order valence-corrected chi connectivity index (χ1v) is 11.8. The highest BCUT2D eigenvalue weighted by atomic mass is 35.5. The summed E-state index contributed by atoms with van der Waals surface area (Å²) in [5.41, 5.74) is 0.509. The van der Waals surface area contributed by atoms with E-state index in [2.05, 4.69) is 17.6 Å². The SMILES string of the molecule is CCCCCCNC(=O)C1CCCN(CC(=O)Nc2cc3c(cc2Cl)OCCCO3)C1. The van der Waals surface area contributed by atoms with Crippen molar-refractivity contribution < 1.29 is 19.1 Å². The molecule has 1 atom stereocenters. The number of halogens is 1. The molecule has 172 valence electrons. The van der Waals surface area contributed by atoms with Crippen molar-refractivity contribution in [2.24, 2.45) is 5.92 Å². The molecule has 2 aliphatic rings. The summed E-state index contributed by atoms with van der Waals surface area (Å²) in [5.74, 6) is 1.07. The lowest BCUT2D eigenvalue weighted by Gasteiger charge is -2.31. The summed E-state index contributed by atoms with van der Waals surface area (Å²) in [6, 6.07) is 3.39. The van der Waals surface area contributed by atoms with Crippen molar-refractivity contribution in [1.29, 1.82) is 0 Å².